The van der Waals surface area contributed by atoms with Gasteiger partial charge in [-0.2, -0.15) is 0 Å². The Kier molecular flexibility index (Phi) is 6.98. The second-order valence-electron chi connectivity index (χ2n) is 5.17. The van der Waals surface area contributed by atoms with Crippen LogP contribution >= 0.6 is 22.9 Å². The Hall–Kier alpha value is -1.11. The zero-order valence-corrected chi connectivity index (χ0v) is 13.5. The van der Waals surface area contributed by atoms with Crippen molar-refractivity contribution < 1.29 is 14.5 Å². The maximum atomic E-state index is 11.7. The highest BCUT2D eigenvalue weighted by molar-refractivity contribution is 7.16. The van der Waals surface area contributed by atoms with Gasteiger partial charge in [0.1, 0.15) is 6.54 Å². The van der Waals surface area contributed by atoms with Gasteiger partial charge in [0.15, 0.2) is 6.54 Å². The van der Waals surface area contributed by atoms with E-state index in [1.165, 1.54) is 11.3 Å². The van der Waals surface area contributed by atoms with Gasteiger partial charge >= 0.3 is 6.03 Å². The van der Waals surface area contributed by atoms with E-state index >= 15 is 0 Å². The molecule has 0 aliphatic rings. The number of hydrogen-bond donors (Lipinski definition) is 3. The van der Waals surface area contributed by atoms with Crippen LogP contribution in [0.25, 0.3) is 0 Å². The van der Waals surface area contributed by atoms with E-state index in [0.717, 1.165) is 14.1 Å². The Morgan fingerprint density at radius 2 is 2.10 bits per heavy atom. The summed E-state index contributed by atoms with van der Waals surface area (Å²) in [5, 5.41) is 4.97. The third kappa shape index (κ3) is 6.88. The third-order valence-electron chi connectivity index (χ3n) is 2.49. The van der Waals surface area contributed by atoms with Gasteiger partial charge in [-0.1, -0.05) is 25.4 Å². The SMILES string of the molecule is CC(C)CNC(=O)NC(=O)C[NH+](C)Cc1ccc(Cl)s1. The molecule has 0 fully saturated rings. The number of amides is 3. The number of halogens is 1. The van der Waals surface area contributed by atoms with E-state index in [0.29, 0.717) is 19.0 Å². The van der Waals surface area contributed by atoms with Crippen LogP contribution in [-0.2, 0) is 11.3 Å². The highest BCUT2D eigenvalue weighted by Gasteiger charge is 2.14. The molecule has 112 valence electrons. The quantitative estimate of drug-likeness (QED) is 0.730. The zero-order chi connectivity index (χ0) is 15.1. The van der Waals surface area contributed by atoms with Gasteiger partial charge in [-0.3, -0.25) is 10.1 Å². The summed E-state index contributed by atoms with van der Waals surface area (Å²) in [5.74, 6) is 0.0686. The maximum Gasteiger partial charge on any atom is 0.321 e. The Bertz CT molecular complexity index is 462. The molecular formula is C13H21ClN3O2S+. The number of carbonyl (C=O) groups is 2. The normalized spacial score (nSPS) is 12.2. The molecule has 0 aliphatic heterocycles. The summed E-state index contributed by atoms with van der Waals surface area (Å²) in [6.45, 7) is 5.48. The predicted octanol–water partition coefficient (Wildman–Crippen LogP) is 0.898. The van der Waals surface area contributed by atoms with E-state index in [1.54, 1.807) is 0 Å². The Labute approximate surface area is 128 Å². The van der Waals surface area contributed by atoms with Gasteiger partial charge in [-0.05, 0) is 18.1 Å². The van der Waals surface area contributed by atoms with Crippen molar-refractivity contribution in [2.75, 3.05) is 20.1 Å². The van der Waals surface area contributed by atoms with E-state index in [-0.39, 0.29) is 12.5 Å². The first-order valence-corrected chi connectivity index (χ1v) is 7.69. The van der Waals surface area contributed by atoms with Crippen LogP contribution in [0.3, 0.4) is 0 Å². The van der Waals surface area contributed by atoms with Crippen molar-refractivity contribution in [1.82, 2.24) is 10.6 Å². The lowest BCUT2D eigenvalue weighted by molar-refractivity contribution is -0.885. The molecule has 1 rings (SSSR count). The van der Waals surface area contributed by atoms with Gasteiger partial charge in [0.2, 0.25) is 0 Å². The first-order valence-electron chi connectivity index (χ1n) is 6.50. The molecule has 0 spiro atoms. The Morgan fingerprint density at radius 1 is 1.40 bits per heavy atom. The van der Waals surface area contributed by atoms with Crippen LogP contribution in [0.5, 0.6) is 0 Å². The topological polar surface area (TPSA) is 62.6 Å². The molecule has 5 nitrogen and oxygen atoms in total. The van der Waals surface area contributed by atoms with E-state index < -0.39 is 6.03 Å². The summed E-state index contributed by atoms with van der Waals surface area (Å²) in [6, 6.07) is 3.36. The van der Waals surface area contributed by atoms with Crippen LogP contribution in [0, 0.1) is 5.92 Å². The highest BCUT2D eigenvalue weighted by atomic mass is 35.5. The average molecular weight is 319 g/mol. The number of imide groups is 1. The number of likely N-dealkylation sites (N-methyl/N-ethyl adjacent to an activating group) is 1. The van der Waals surface area contributed by atoms with Gasteiger partial charge in [0.05, 0.1) is 16.3 Å². The minimum absolute atomic E-state index is 0.241. The molecule has 1 unspecified atom stereocenters. The largest absolute Gasteiger partial charge is 0.338 e. The minimum Gasteiger partial charge on any atom is -0.338 e. The van der Waals surface area contributed by atoms with Gasteiger partial charge < -0.3 is 10.2 Å². The van der Waals surface area contributed by atoms with Crippen LogP contribution in [0.1, 0.15) is 18.7 Å². The summed E-state index contributed by atoms with van der Waals surface area (Å²) >= 11 is 7.36. The van der Waals surface area contributed by atoms with E-state index in [4.69, 9.17) is 11.6 Å². The monoisotopic (exact) mass is 318 g/mol. The zero-order valence-electron chi connectivity index (χ0n) is 12.0. The fourth-order valence-corrected chi connectivity index (χ4v) is 2.79. The molecule has 1 atom stereocenters. The summed E-state index contributed by atoms with van der Waals surface area (Å²) in [7, 11) is 1.90. The van der Waals surface area contributed by atoms with Crippen LogP contribution in [0.4, 0.5) is 4.79 Å². The molecule has 0 radical (unpaired) electrons. The van der Waals surface area contributed by atoms with Crippen molar-refractivity contribution in [2.24, 2.45) is 5.92 Å². The predicted molar refractivity (Wildman–Crippen MR) is 81.2 cm³/mol. The summed E-state index contributed by atoms with van der Waals surface area (Å²) in [6.07, 6.45) is 0. The number of thiophene rings is 1. The highest BCUT2D eigenvalue weighted by Crippen LogP contribution is 2.20. The Morgan fingerprint density at radius 3 is 2.65 bits per heavy atom. The van der Waals surface area contributed by atoms with Gasteiger partial charge in [0, 0.05) is 6.54 Å². The van der Waals surface area contributed by atoms with Crippen molar-refractivity contribution >= 4 is 34.9 Å². The van der Waals surface area contributed by atoms with Crippen LogP contribution in [0.2, 0.25) is 4.34 Å². The maximum absolute atomic E-state index is 11.7. The first kappa shape index (κ1) is 16.9. The smallest absolute Gasteiger partial charge is 0.321 e. The van der Waals surface area contributed by atoms with Crippen LogP contribution < -0.4 is 15.5 Å². The first-order chi connectivity index (χ1) is 9.36. The molecule has 0 bridgehead atoms. The molecular weight excluding hydrogens is 298 g/mol. The van der Waals surface area contributed by atoms with Crippen molar-refractivity contribution in [3.8, 4) is 0 Å². The van der Waals surface area contributed by atoms with Gasteiger partial charge in [-0.15, -0.1) is 11.3 Å². The molecule has 0 saturated carbocycles. The molecule has 3 N–H and O–H groups in total. The standard InChI is InChI=1S/C13H20ClN3O2S/c1-9(2)6-15-13(19)16-12(18)8-17(3)7-10-4-5-11(14)20-10/h4-5,9H,6-8H2,1-3H3,(H2,15,16,18,19)/p+1. The van der Waals surface area contributed by atoms with Gasteiger partial charge in [-0.25, -0.2) is 4.79 Å². The van der Waals surface area contributed by atoms with Crippen LogP contribution in [-0.4, -0.2) is 32.1 Å². The molecule has 1 aromatic heterocycles. The molecule has 0 saturated heterocycles. The van der Waals surface area contributed by atoms with Crippen LogP contribution in [0.15, 0.2) is 12.1 Å². The van der Waals surface area contributed by atoms with E-state index in [1.807, 2.05) is 33.0 Å². The summed E-state index contributed by atoms with van der Waals surface area (Å²) in [4.78, 5) is 25.2. The average Bonchev–Trinajstić information content (AvgIpc) is 2.71. The fourth-order valence-electron chi connectivity index (χ4n) is 1.59. The molecule has 3 amide bonds. The number of carbonyl (C=O) groups excluding carboxylic acids is 2. The van der Waals surface area contributed by atoms with Crippen molar-refractivity contribution in [1.29, 1.82) is 0 Å². The minimum atomic E-state index is -0.435. The van der Waals surface area contributed by atoms with E-state index in [2.05, 4.69) is 10.6 Å². The number of rotatable bonds is 6. The molecule has 0 aliphatic carbocycles. The molecule has 0 aromatic carbocycles. The second kappa shape index (κ2) is 8.24. The van der Waals surface area contributed by atoms with Crippen molar-refractivity contribution in [3.63, 3.8) is 0 Å². The lowest BCUT2D eigenvalue weighted by Crippen LogP contribution is -3.08. The van der Waals surface area contributed by atoms with Gasteiger partial charge in [0.25, 0.3) is 5.91 Å². The van der Waals surface area contributed by atoms with Crippen molar-refractivity contribution in [3.05, 3.63) is 21.3 Å². The number of urea groups is 1. The number of nitrogens with one attached hydrogen (secondary N) is 3. The van der Waals surface area contributed by atoms with Crippen molar-refractivity contribution in [2.45, 2.75) is 20.4 Å². The lowest BCUT2D eigenvalue weighted by Gasteiger charge is -2.13. The summed E-state index contributed by atoms with van der Waals surface area (Å²) < 4.78 is 0.741. The molecule has 7 heteroatoms. The molecule has 1 heterocycles. The number of quaternary nitrogens is 1. The molecule has 20 heavy (non-hydrogen) atoms. The molecule has 1 aromatic rings. The third-order valence-corrected chi connectivity index (χ3v) is 3.72. The lowest BCUT2D eigenvalue weighted by atomic mass is 10.2. The Balaban J connectivity index is 2.29. The second-order valence-corrected chi connectivity index (χ2v) is 6.97. The van der Waals surface area contributed by atoms with E-state index in [9.17, 15) is 9.59 Å². The number of hydrogen-bond acceptors (Lipinski definition) is 3. The summed E-state index contributed by atoms with van der Waals surface area (Å²) in [5.41, 5.74) is 0. The fraction of sp³-hybridized carbons (Fsp3) is 0.538.